The Morgan fingerprint density at radius 1 is 0.923 bits per heavy atom. The molecule has 0 saturated carbocycles. The normalized spacial score (nSPS) is 11.8. The van der Waals surface area contributed by atoms with Crippen molar-refractivity contribution in [2.75, 3.05) is 0 Å². The van der Waals surface area contributed by atoms with Crippen LogP contribution in [-0.4, -0.2) is 4.40 Å². The summed E-state index contributed by atoms with van der Waals surface area (Å²) < 4.78 is 30.8. The van der Waals surface area contributed by atoms with Gasteiger partial charge in [0.15, 0.2) is 12.7 Å². The smallest absolute Gasteiger partial charge is 0.256 e. The van der Waals surface area contributed by atoms with Crippen LogP contribution in [0, 0.1) is 11.6 Å². The van der Waals surface area contributed by atoms with Gasteiger partial charge in [0.2, 0.25) is 5.52 Å². The van der Waals surface area contributed by atoms with Crippen LogP contribution in [0.25, 0.3) is 27.3 Å². The molecule has 0 aliphatic carbocycles. The predicted octanol–water partition coefficient (Wildman–Crippen LogP) is 3.66. The minimum Gasteiger partial charge on any atom is -0.270 e. The van der Waals surface area contributed by atoms with Gasteiger partial charge in [0.1, 0.15) is 17.2 Å². The number of hydrogen-bond donors (Lipinski definition) is 0. The molecule has 0 spiro atoms. The molecule has 3 aromatic heterocycles. The van der Waals surface area contributed by atoms with Crippen molar-refractivity contribution in [1.29, 1.82) is 0 Å². The largest absolute Gasteiger partial charge is 0.270 e. The molecule has 0 radical (unpaired) electrons. The second-order valence-corrected chi connectivity index (χ2v) is 6.35. The van der Waals surface area contributed by atoms with Gasteiger partial charge in [-0.3, -0.25) is 9.20 Å². The van der Waals surface area contributed by atoms with Gasteiger partial charge in [-0.25, -0.2) is 8.78 Å². The molecule has 0 amide bonds. The summed E-state index contributed by atoms with van der Waals surface area (Å²) in [5.74, 6) is -1.18. The highest BCUT2D eigenvalue weighted by molar-refractivity contribution is 6.11. The van der Waals surface area contributed by atoms with Crippen molar-refractivity contribution in [3.05, 3.63) is 94.4 Å². The molecule has 0 unspecified atom stereocenters. The topological polar surface area (TPSA) is 25.4 Å². The summed E-state index contributed by atoms with van der Waals surface area (Å²) in [6.07, 6.45) is 1.87. The minimum absolute atomic E-state index is 0.102. The zero-order chi connectivity index (χ0) is 17.8. The molecule has 0 bridgehead atoms. The third-order valence-electron chi connectivity index (χ3n) is 4.85. The maximum absolute atomic E-state index is 14.1. The highest BCUT2D eigenvalue weighted by atomic mass is 19.1. The Morgan fingerprint density at radius 2 is 1.77 bits per heavy atom. The lowest BCUT2D eigenvalue weighted by molar-refractivity contribution is -0.662. The van der Waals surface area contributed by atoms with Gasteiger partial charge in [-0.05, 0) is 18.2 Å². The molecule has 126 valence electrons. The Morgan fingerprint density at radius 3 is 2.62 bits per heavy atom. The summed E-state index contributed by atoms with van der Waals surface area (Å²) in [5, 5.41) is 1.98. The van der Waals surface area contributed by atoms with E-state index in [1.54, 1.807) is 10.5 Å². The van der Waals surface area contributed by atoms with E-state index in [1.807, 2.05) is 41.1 Å². The molecule has 3 heterocycles. The van der Waals surface area contributed by atoms with Crippen LogP contribution in [0.5, 0.6) is 0 Å². The Kier molecular flexibility index (Phi) is 3.06. The molecular formula is C21H13F2N2O+. The molecular weight excluding hydrogens is 334 g/mol. The predicted molar refractivity (Wildman–Crippen MR) is 95.5 cm³/mol. The highest BCUT2D eigenvalue weighted by Gasteiger charge is 2.20. The van der Waals surface area contributed by atoms with Crippen LogP contribution in [0.15, 0.2) is 71.7 Å². The molecule has 2 aromatic carbocycles. The molecule has 0 N–H and O–H groups in total. The molecule has 5 aromatic rings. The van der Waals surface area contributed by atoms with Gasteiger partial charge >= 0.3 is 0 Å². The van der Waals surface area contributed by atoms with E-state index in [-0.39, 0.29) is 12.1 Å². The van der Waals surface area contributed by atoms with Crippen LogP contribution in [0.2, 0.25) is 0 Å². The van der Waals surface area contributed by atoms with E-state index in [4.69, 9.17) is 0 Å². The average Bonchev–Trinajstić information content (AvgIpc) is 2.98. The van der Waals surface area contributed by atoms with E-state index in [2.05, 4.69) is 0 Å². The lowest BCUT2D eigenvalue weighted by Gasteiger charge is -2.04. The zero-order valence-electron chi connectivity index (χ0n) is 13.6. The van der Waals surface area contributed by atoms with Gasteiger partial charge in [-0.1, -0.05) is 18.2 Å². The van der Waals surface area contributed by atoms with E-state index in [0.717, 1.165) is 33.4 Å². The number of aromatic nitrogens is 2. The Hall–Kier alpha value is -3.34. The molecule has 0 saturated heterocycles. The summed E-state index contributed by atoms with van der Waals surface area (Å²) in [6, 6.07) is 16.5. The van der Waals surface area contributed by atoms with E-state index in [1.165, 1.54) is 18.2 Å². The second-order valence-electron chi connectivity index (χ2n) is 6.35. The van der Waals surface area contributed by atoms with Gasteiger partial charge in [-0.15, -0.1) is 0 Å². The van der Waals surface area contributed by atoms with Crippen LogP contribution in [0.4, 0.5) is 8.78 Å². The number of fused-ring (bicyclic) bond motifs is 3. The number of nitrogens with zero attached hydrogens (tertiary/aromatic N) is 2. The second kappa shape index (κ2) is 5.33. The maximum Gasteiger partial charge on any atom is 0.256 e. The van der Waals surface area contributed by atoms with Gasteiger partial charge in [-0.2, -0.15) is 4.57 Å². The molecule has 3 nitrogen and oxygen atoms in total. The number of benzene rings is 2. The van der Waals surface area contributed by atoms with Crippen molar-refractivity contribution in [2.24, 2.45) is 0 Å². The molecule has 0 fully saturated rings. The lowest BCUT2D eigenvalue weighted by atomic mass is 10.1. The fourth-order valence-electron chi connectivity index (χ4n) is 3.67. The molecule has 0 atom stereocenters. The standard InChI is InChI=1S/C21H13F2N2O/c22-14-6-5-13(17(23)11-14)12-24-10-9-16-15-3-1-2-4-18(15)25-20(26)8-7-19(24)21(16)25/h1-11H,12H2/q+1. The number of pyridine rings is 2. The van der Waals surface area contributed by atoms with E-state index >= 15 is 0 Å². The lowest BCUT2D eigenvalue weighted by Crippen LogP contribution is -2.36. The summed E-state index contributed by atoms with van der Waals surface area (Å²) >= 11 is 0. The summed E-state index contributed by atoms with van der Waals surface area (Å²) in [5.41, 5.74) is 2.77. The molecule has 5 heteroatoms. The van der Waals surface area contributed by atoms with Crippen LogP contribution in [0.1, 0.15) is 5.56 Å². The first kappa shape index (κ1) is 15.0. The van der Waals surface area contributed by atoms with Crippen LogP contribution in [-0.2, 0) is 6.54 Å². The summed E-state index contributed by atoms with van der Waals surface area (Å²) in [6.45, 7) is 0.247. The van der Waals surface area contributed by atoms with Crippen molar-refractivity contribution in [2.45, 2.75) is 6.54 Å². The average molecular weight is 347 g/mol. The van der Waals surface area contributed by atoms with Crippen molar-refractivity contribution < 1.29 is 13.3 Å². The van der Waals surface area contributed by atoms with Crippen molar-refractivity contribution in [1.82, 2.24) is 4.40 Å². The van der Waals surface area contributed by atoms with E-state index in [9.17, 15) is 13.6 Å². The van der Waals surface area contributed by atoms with Crippen LogP contribution in [0.3, 0.4) is 0 Å². The fraction of sp³-hybridized carbons (Fsp3) is 0.0476. The quantitative estimate of drug-likeness (QED) is 0.448. The fourth-order valence-corrected chi connectivity index (χ4v) is 3.67. The Labute approximate surface area is 146 Å². The van der Waals surface area contributed by atoms with Gasteiger partial charge in [0.05, 0.1) is 11.1 Å². The van der Waals surface area contributed by atoms with E-state index in [0.29, 0.717) is 5.56 Å². The van der Waals surface area contributed by atoms with Crippen LogP contribution < -0.4 is 10.1 Å². The minimum atomic E-state index is -0.598. The van der Waals surface area contributed by atoms with Gasteiger partial charge in [0, 0.05) is 35.0 Å². The van der Waals surface area contributed by atoms with Crippen LogP contribution >= 0.6 is 0 Å². The summed E-state index contributed by atoms with van der Waals surface area (Å²) in [4.78, 5) is 12.5. The monoisotopic (exact) mass is 347 g/mol. The Balaban J connectivity index is 1.82. The van der Waals surface area contributed by atoms with Crippen molar-refractivity contribution >= 4 is 27.3 Å². The molecule has 0 aliphatic heterocycles. The van der Waals surface area contributed by atoms with Crippen molar-refractivity contribution in [3.8, 4) is 0 Å². The first-order chi connectivity index (χ1) is 12.6. The summed E-state index contributed by atoms with van der Waals surface area (Å²) in [7, 11) is 0. The number of rotatable bonds is 2. The molecule has 5 rings (SSSR count). The SMILES string of the molecule is O=c1ccc2c3c(cc[n+]2Cc2ccc(F)cc2F)c2ccccc2n13. The number of hydrogen-bond acceptors (Lipinski definition) is 1. The van der Waals surface area contributed by atoms with Gasteiger partial charge < -0.3 is 0 Å². The van der Waals surface area contributed by atoms with E-state index < -0.39 is 11.6 Å². The molecule has 0 aliphatic rings. The third-order valence-corrected chi connectivity index (χ3v) is 4.85. The maximum atomic E-state index is 14.1. The Bertz CT molecular complexity index is 1360. The third kappa shape index (κ3) is 2.03. The van der Waals surface area contributed by atoms with Gasteiger partial charge in [0.25, 0.3) is 5.56 Å². The first-order valence-electron chi connectivity index (χ1n) is 8.25. The first-order valence-corrected chi connectivity index (χ1v) is 8.25. The number of halogens is 2. The zero-order valence-corrected chi connectivity index (χ0v) is 13.6. The highest BCUT2D eigenvalue weighted by Crippen LogP contribution is 2.28. The number of para-hydroxylation sites is 1. The molecule has 26 heavy (non-hydrogen) atoms. The van der Waals surface area contributed by atoms with Crippen molar-refractivity contribution in [3.63, 3.8) is 0 Å².